The lowest BCUT2D eigenvalue weighted by Crippen LogP contribution is -2.01. The maximum Gasteiger partial charge on any atom is 0.101 e. The quantitative estimate of drug-likeness (QED) is 0.749. The number of aryl methyl sites for hydroxylation is 2. The number of rotatable bonds is 4. The van der Waals surface area contributed by atoms with Crippen LogP contribution in [0.3, 0.4) is 0 Å². The molecule has 3 rings (SSSR count). The molecule has 1 aromatic heterocycles. The summed E-state index contributed by atoms with van der Waals surface area (Å²) in [7, 11) is 0. The second kappa shape index (κ2) is 6.15. The Morgan fingerprint density at radius 3 is 2.64 bits per heavy atom. The van der Waals surface area contributed by atoms with Crippen LogP contribution in [0, 0.1) is 11.3 Å². The summed E-state index contributed by atoms with van der Waals surface area (Å²) in [6.07, 6.45) is 4.77. The zero-order chi connectivity index (χ0) is 15.4. The van der Waals surface area contributed by atoms with E-state index in [4.69, 9.17) is 11.0 Å². The molecule has 3 aromatic rings. The van der Waals surface area contributed by atoms with Crippen LogP contribution in [0.25, 0.3) is 11.1 Å². The van der Waals surface area contributed by atoms with Crippen molar-refractivity contribution in [3.63, 3.8) is 0 Å². The van der Waals surface area contributed by atoms with Crippen molar-refractivity contribution >= 4 is 5.69 Å². The van der Waals surface area contributed by atoms with E-state index < -0.39 is 0 Å². The molecule has 4 heteroatoms. The predicted octanol–water partition coefficient (Wildman–Crippen LogP) is 3.25. The van der Waals surface area contributed by atoms with Gasteiger partial charge >= 0.3 is 0 Å². The van der Waals surface area contributed by atoms with Crippen molar-refractivity contribution in [2.24, 2.45) is 0 Å². The lowest BCUT2D eigenvalue weighted by atomic mass is 10.1. The Bertz CT molecular complexity index is 813. The molecule has 0 atom stereocenters. The molecular weight excluding hydrogens is 272 g/mol. The highest BCUT2D eigenvalue weighted by atomic mass is 15.3. The summed E-state index contributed by atoms with van der Waals surface area (Å²) in [6, 6.07) is 17.9. The molecule has 2 aromatic carbocycles. The van der Waals surface area contributed by atoms with Gasteiger partial charge in [0.25, 0.3) is 0 Å². The van der Waals surface area contributed by atoms with E-state index in [9.17, 15) is 0 Å². The Kier molecular flexibility index (Phi) is 3.88. The lowest BCUT2D eigenvalue weighted by Gasteiger charge is -2.02. The first kappa shape index (κ1) is 13.9. The van der Waals surface area contributed by atoms with Crippen LogP contribution in [0.1, 0.15) is 11.1 Å². The molecule has 0 saturated carbocycles. The van der Waals surface area contributed by atoms with E-state index in [0.29, 0.717) is 11.3 Å². The molecule has 0 aliphatic heterocycles. The van der Waals surface area contributed by atoms with Gasteiger partial charge in [-0.1, -0.05) is 36.4 Å². The maximum absolute atomic E-state index is 8.92. The van der Waals surface area contributed by atoms with Crippen molar-refractivity contribution < 1.29 is 0 Å². The van der Waals surface area contributed by atoms with Crippen molar-refractivity contribution in [3.05, 3.63) is 72.1 Å². The Hall–Kier alpha value is -3.06. The smallest absolute Gasteiger partial charge is 0.101 e. The van der Waals surface area contributed by atoms with E-state index in [2.05, 4.69) is 23.3 Å². The molecule has 4 nitrogen and oxygen atoms in total. The number of aromatic nitrogens is 2. The summed E-state index contributed by atoms with van der Waals surface area (Å²) < 4.78 is 1.93. The third-order valence-corrected chi connectivity index (χ3v) is 3.61. The fourth-order valence-corrected chi connectivity index (χ4v) is 2.37. The van der Waals surface area contributed by atoms with Gasteiger partial charge in [0.15, 0.2) is 0 Å². The second-order valence-electron chi connectivity index (χ2n) is 5.14. The highest BCUT2D eigenvalue weighted by molar-refractivity contribution is 5.69. The van der Waals surface area contributed by atoms with Gasteiger partial charge in [0.2, 0.25) is 0 Å². The molecular formula is C18H16N4. The number of nitrogen functional groups attached to an aromatic ring is 1. The molecule has 1 heterocycles. The van der Waals surface area contributed by atoms with E-state index in [1.54, 1.807) is 6.07 Å². The highest BCUT2D eigenvalue weighted by Crippen LogP contribution is 2.23. The first-order valence-corrected chi connectivity index (χ1v) is 7.12. The third kappa shape index (κ3) is 2.99. The monoisotopic (exact) mass is 288 g/mol. The minimum absolute atomic E-state index is 0.497. The Balaban J connectivity index is 1.74. The van der Waals surface area contributed by atoms with Gasteiger partial charge in [-0.25, -0.2) is 0 Å². The Morgan fingerprint density at radius 2 is 1.91 bits per heavy atom. The highest BCUT2D eigenvalue weighted by Gasteiger charge is 2.05. The van der Waals surface area contributed by atoms with Gasteiger partial charge in [-0.2, -0.15) is 10.4 Å². The van der Waals surface area contributed by atoms with Crippen molar-refractivity contribution in [1.82, 2.24) is 9.78 Å². The molecule has 0 unspecified atom stereocenters. The van der Waals surface area contributed by atoms with E-state index in [1.165, 1.54) is 5.56 Å². The van der Waals surface area contributed by atoms with Crippen LogP contribution in [-0.2, 0) is 13.0 Å². The SMILES string of the molecule is N#Cc1ccc(-c2cnn(CCc3ccccc3)c2)cc1N. The van der Waals surface area contributed by atoms with Crippen LogP contribution in [0.15, 0.2) is 60.9 Å². The van der Waals surface area contributed by atoms with E-state index in [-0.39, 0.29) is 0 Å². The number of nitrogens with zero attached hydrogens (tertiary/aromatic N) is 3. The van der Waals surface area contributed by atoms with Gasteiger partial charge in [0, 0.05) is 18.3 Å². The molecule has 0 radical (unpaired) electrons. The van der Waals surface area contributed by atoms with E-state index >= 15 is 0 Å². The lowest BCUT2D eigenvalue weighted by molar-refractivity contribution is 0.615. The van der Waals surface area contributed by atoms with Crippen LogP contribution in [0.5, 0.6) is 0 Å². The van der Waals surface area contributed by atoms with E-state index in [0.717, 1.165) is 24.1 Å². The maximum atomic E-state index is 8.92. The fourth-order valence-electron chi connectivity index (χ4n) is 2.37. The molecule has 0 bridgehead atoms. The van der Waals surface area contributed by atoms with Crippen molar-refractivity contribution in [1.29, 1.82) is 5.26 Å². The largest absolute Gasteiger partial charge is 0.398 e. The van der Waals surface area contributed by atoms with Crippen LogP contribution < -0.4 is 5.73 Å². The minimum Gasteiger partial charge on any atom is -0.398 e. The topological polar surface area (TPSA) is 67.6 Å². The summed E-state index contributed by atoms with van der Waals surface area (Å²) in [5, 5.41) is 13.3. The normalized spacial score (nSPS) is 10.3. The predicted molar refractivity (Wildman–Crippen MR) is 86.9 cm³/mol. The standard InChI is InChI=1S/C18H16N4/c19-11-16-7-6-15(10-18(16)20)17-12-21-22(13-17)9-8-14-4-2-1-3-5-14/h1-7,10,12-13H,8-9,20H2. The third-order valence-electron chi connectivity index (χ3n) is 3.61. The van der Waals surface area contributed by atoms with Gasteiger partial charge in [-0.05, 0) is 29.7 Å². The average Bonchev–Trinajstić information content (AvgIpc) is 3.03. The van der Waals surface area contributed by atoms with Crippen molar-refractivity contribution in [3.8, 4) is 17.2 Å². The van der Waals surface area contributed by atoms with Gasteiger partial charge in [0.05, 0.1) is 17.4 Å². The van der Waals surface area contributed by atoms with Crippen LogP contribution >= 0.6 is 0 Å². The minimum atomic E-state index is 0.497. The van der Waals surface area contributed by atoms with E-state index in [1.807, 2.05) is 47.4 Å². The van der Waals surface area contributed by atoms with Crippen molar-refractivity contribution in [2.45, 2.75) is 13.0 Å². The fraction of sp³-hybridized carbons (Fsp3) is 0.111. The summed E-state index contributed by atoms with van der Waals surface area (Å²) >= 11 is 0. The first-order chi connectivity index (χ1) is 10.8. The second-order valence-corrected chi connectivity index (χ2v) is 5.14. The summed E-state index contributed by atoms with van der Waals surface area (Å²) in [5.41, 5.74) is 10.1. The molecule has 22 heavy (non-hydrogen) atoms. The van der Waals surface area contributed by atoms with Gasteiger partial charge < -0.3 is 5.73 Å². The number of anilines is 1. The molecule has 0 spiro atoms. The van der Waals surface area contributed by atoms with Gasteiger partial charge in [0.1, 0.15) is 6.07 Å². The molecule has 2 N–H and O–H groups in total. The van der Waals surface area contributed by atoms with Crippen LogP contribution in [-0.4, -0.2) is 9.78 Å². The van der Waals surface area contributed by atoms with Crippen LogP contribution in [0.4, 0.5) is 5.69 Å². The van der Waals surface area contributed by atoms with Crippen LogP contribution in [0.2, 0.25) is 0 Å². The average molecular weight is 288 g/mol. The Labute approximate surface area is 129 Å². The molecule has 0 amide bonds. The molecule has 0 fully saturated rings. The number of hydrogen-bond donors (Lipinski definition) is 1. The number of nitriles is 1. The Morgan fingerprint density at radius 1 is 1.09 bits per heavy atom. The first-order valence-electron chi connectivity index (χ1n) is 7.12. The summed E-state index contributed by atoms with van der Waals surface area (Å²) in [4.78, 5) is 0. The zero-order valence-corrected chi connectivity index (χ0v) is 12.1. The molecule has 0 aliphatic rings. The summed E-state index contributed by atoms with van der Waals surface area (Å²) in [6.45, 7) is 0.829. The zero-order valence-electron chi connectivity index (χ0n) is 12.1. The molecule has 108 valence electrons. The number of nitrogens with two attached hydrogens (primary N) is 1. The number of benzene rings is 2. The van der Waals surface area contributed by atoms with Gasteiger partial charge in [-0.3, -0.25) is 4.68 Å². The molecule has 0 saturated heterocycles. The summed E-state index contributed by atoms with van der Waals surface area (Å²) in [5.74, 6) is 0. The number of hydrogen-bond acceptors (Lipinski definition) is 3. The molecule has 0 aliphatic carbocycles. The van der Waals surface area contributed by atoms with Crippen molar-refractivity contribution in [2.75, 3.05) is 5.73 Å². The van der Waals surface area contributed by atoms with Gasteiger partial charge in [-0.15, -0.1) is 0 Å².